The Balaban J connectivity index is 1.42. The summed E-state index contributed by atoms with van der Waals surface area (Å²) in [4.78, 5) is 39.6. The van der Waals surface area contributed by atoms with E-state index in [2.05, 4.69) is 10.6 Å². The fourth-order valence-electron chi connectivity index (χ4n) is 3.44. The third kappa shape index (κ3) is 6.13. The van der Waals surface area contributed by atoms with Crippen molar-refractivity contribution in [2.45, 2.75) is 55.8 Å². The smallest absolute Gasteiger partial charge is 0.407 e. The monoisotopic (exact) mass is 419 g/mol. The lowest BCUT2D eigenvalue weighted by Gasteiger charge is -2.33. The van der Waals surface area contributed by atoms with Gasteiger partial charge in [-0.25, -0.2) is 4.79 Å². The van der Waals surface area contributed by atoms with Gasteiger partial charge in [0.2, 0.25) is 11.8 Å². The molecule has 2 N–H and O–H groups in total. The van der Waals surface area contributed by atoms with Gasteiger partial charge in [0.25, 0.3) is 0 Å². The summed E-state index contributed by atoms with van der Waals surface area (Å²) in [6, 6.07) is 7.64. The fraction of sp³-hybridized carbons (Fsp3) is 0.571. The van der Waals surface area contributed by atoms with Crippen molar-refractivity contribution in [2.75, 3.05) is 25.0 Å². The number of ether oxygens (including phenoxy) is 1. The molecule has 0 radical (unpaired) electrons. The van der Waals surface area contributed by atoms with Crippen LogP contribution in [0.5, 0.6) is 0 Å². The lowest BCUT2D eigenvalue weighted by atomic mass is 9.96. The van der Waals surface area contributed by atoms with Crippen LogP contribution in [0.1, 0.15) is 40.0 Å². The first-order chi connectivity index (χ1) is 13.7. The van der Waals surface area contributed by atoms with Gasteiger partial charge >= 0.3 is 6.09 Å². The number of hydrogen-bond acceptors (Lipinski definition) is 5. The molecule has 1 fully saturated rings. The highest BCUT2D eigenvalue weighted by Crippen LogP contribution is 2.37. The molecule has 8 heteroatoms. The molecular weight excluding hydrogens is 390 g/mol. The molecule has 1 aromatic carbocycles. The summed E-state index contributed by atoms with van der Waals surface area (Å²) in [6.07, 6.45) is 1.45. The molecule has 2 aliphatic heterocycles. The zero-order chi connectivity index (χ0) is 21.0. The van der Waals surface area contributed by atoms with Crippen LogP contribution in [0.4, 0.5) is 10.5 Å². The van der Waals surface area contributed by atoms with Crippen LogP contribution in [0, 0.1) is 5.92 Å². The van der Waals surface area contributed by atoms with Gasteiger partial charge in [0.1, 0.15) is 5.60 Å². The number of nitrogens with one attached hydrogen (secondary N) is 2. The number of benzene rings is 1. The number of rotatable bonds is 4. The van der Waals surface area contributed by atoms with E-state index in [4.69, 9.17) is 4.74 Å². The Labute approximate surface area is 175 Å². The Morgan fingerprint density at radius 2 is 1.93 bits per heavy atom. The molecule has 158 valence electrons. The third-order valence-corrected chi connectivity index (χ3v) is 6.24. The molecule has 7 nitrogen and oxygen atoms in total. The minimum absolute atomic E-state index is 0.00980. The number of amides is 3. The van der Waals surface area contributed by atoms with Crippen molar-refractivity contribution in [2.24, 2.45) is 5.92 Å². The maximum atomic E-state index is 12.7. The predicted molar refractivity (Wildman–Crippen MR) is 113 cm³/mol. The number of thioether (sulfide) groups is 1. The fourth-order valence-corrected chi connectivity index (χ4v) is 4.54. The summed E-state index contributed by atoms with van der Waals surface area (Å²) < 4.78 is 5.25. The van der Waals surface area contributed by atoms with Crippen LogP contribution in [-0.4, -0.2) is 53.3 Å². The maximum absolute atomic E-state index is 12.7. The zero-order valence-corrected chi connectivity index (χ0v) is 18.0. The Morgan fingerprint density at radius 3 is 2.62 bits per heavy atom. The number of likely N-dealkylation sites (tertiary alicyclic amines) is 1. The number of fused-ring (bicyclic) bond motifs is 1. The molecule has 0 saturated carbocycles. The predicted octanol–water partition coefficient (Wildman–Crippen LogP) is 3.25. The molecule has 0 spiro atoms. The first kappa shape index (κ1) is 21.5. The molecule has 2 heterocycles. The molecule has 29 heavy (non-hydrogen) atoms. The van der Waals surface area contributed by atoms with Crippen molar-refractivity contribution in [1.82, 2.24) is 10.2 Å². The molecule has 2 aliphatic rings. The Bertz CT molecular complexity index is 769. The van der Waals surface area contributed by atoms with E-state index in [1.165, 1.54) is 11.8 Å². The molecule has 0 aromatic heterocycles. The van der Waals surface area contributed by atoms with Crippen LogP contribution < -0.4 is 10.6 Å². The van der Waals surface area contributed by atoms with Gasteiger partial charge in [-0.3, -0.25) is 9.59 Å². The van der Waals surface area contributed by atoms with Crippen LogP contribution >= 0.6 is 11.8 Å². The average Bonchev–Trinajstić information content (AvgIpc) is 2.66. The molecule has 1 aromatic rings. The molecule has 1 unspecified atom stereocenters. The summed E-state index contributed by atoms with van der Waals surface area (Å²) in [5.74, 6) is 0.222. The molecule has 0 aliphatic carbocycles. The lowest BCUT2D eigenvalue weighted by molar-refractivity contribution is -0.133. The van der Waals surface area contributed by atoms with Gasteiger partial charge in [-0.1, -0.05) is 12.1 Å². The normalized spacial score (nSPS) is 19.9. The van der Waals surface area contributed by atoms with Crippen molar-refractivity contribution < 1.29 is 19.1 Å². The minimum Gasteiger partial charge on any atom is -0.444 e. The van der Waals surface area contributed by atoms with Crippen molar-refractivity contribution >= 4 is 35.4 Å². The molecule has 3 rings (SSSR count). The Hall–Kier alpha value is -2.22. The quantitative estimate of drug-likeness (QED) is 0.782. The van der Waals surface area contributed by atoms with Crippen LogP contribution in [0.25, 0.3) is 0 Å². The second kappa shape index (κ2) is 9.07. The number of carbonyl (C=O) groups is 3. The molecule has 1 saturated heterocycles. The topological polar surface area (TPSA) is 87.7 Å². The minimum atomic E-state index is -0.510. The zero-order valence-electron chi connectivity index (χ0n) is 17.2. The average molecular weight is 420 g/mol. The van der Waals surface area contributed by atoms with E-state index in [-0.39, 0.29) is 18.2 Å². The summed E-state index contributed by atoms with van der Waals surface area (Å²) >= 11 is 1.45. The standard InChI is InChI=1S/C21H29N3O4S/c1-21(2,3)28-20(27)22-13-14-8-10-24(11-9-14)18(25)12-17-19(26)23-15-6-4-5-7-16(15)29-17/h4-7,14,17H,8-13H2,1-3H3,(H,22,27)(H,23,26). The highest BCUT2D eigenvalue weighted by Gasteiger charge is 2.31. The van der Waals surface area contributed by atoms with Crippen LogP contribution in [-0.2, 0) is 14.3 Å². The molecule has 0 bridgehead atoms. The number of piperidine rings is 1. The number of para-hydroxylation sites is 1. The second-order valence-electron chi connectivity index (χ2n) is 8.50. The third-order valence-electron chi connectivity index (χ3n) is 4.97. The van der Waals surface area contributed by atoms with Crippen molar-refractivity contribution in [1.29, 1.82) is 0 Å². The van der Waals surface area contributed by atoms with E-state index in [9.17, 15) is 14.4 Å². The first-order valence-corrected chi connectivity index (χ1v) is 10.9. The van der Waals surface area contributed by atoms with Gasteiger partial charge in [-0.15, -0.1) is 11.8 Å². The number of nitrogens with zero attached hydrogens (tertiary/aromatic N) is 1. The SMILES string of the molecule is CC(C)(C)OC(=O)NCC1CCN(C(=O)CC2Sc3ccccc3NC2=O)CC1. The largest absolute Gasteiger partial charge is 0.444 e. The molecule has 1 atom stereocenters. The lowest BCUT2D eigenvalue weighted by Crippen LogP contribution is -2.44. The van der Waals surface area contributed by atoms with E-state index in [0.717, 1.165) is 23.4 Å². The summed E-state index contributed by atoms with van der Waals surface area (Å²) in [7, 11) is 0. The van der Waals surface area contributed by atoms with Gasteiger partial charge in [0.05, 0.1) is 10.9 Å². The van der Waals surface area contributed by atoms with Crippen molar-refractivity contribution in [3.63, 3.8) is 0 Å². The maximum Gasteiger partial charge on any atom is 0.407 e. The van der Waals surface area contributed by atoms with E-state index in [1.807, 2.05) is 49.9 Å². The number of hydrogen-bond donors (Lipinski definition) is 2. The Morgan fingerprint density at radius 1 is 1.24 bits per heavy atom. The van der Waals surface area contributed by atoms with E-state index >= 15 is 0 Å². The highest BCUT2D eigenvalue weighted by atomic mass is 32.2. The molecule has 3 amide bonds. The summed E-state index contributed by atoms with van der Waals surface area (Å²) in [5, 5.41) is 5.30. The van der Waals surface area contributed by atoms with Gasteiger partial charge < -0.3 is 20.3 Å². The number of anilines is 1. The van der Waals surface area contributed by atoms with Gasteiger partial charge in [0, 0.05) is 31.0 Å². The van der Waals surface area contributed by atoms with E-state index in [0.29, 0.717) is 25.6 Å². The first-order valence-electron chi connectivity index (χ1n) is 10.0. The highest BCUT2D eigenvalue weighted by molar-refractivity contribution is 8.01. The van der Waals surface area contributed by atoms with Crippen molar-refractivity contribution in [3.8, 4) is 0 Å². The summed E-state index contributed by atoms with van der Waals surface area (Å²) in [6.45, 7) is 7.35. The summed E-state index contributed by atoms with van der Waals surface area (Å²) in [5.41, 5.74) is 0.300. The van der Waals surface area contributed by atoms with Crippen molar-refractivity contribution in [3.05, 3.63) is 24.3 Å². The van der Waals surface area contributed by atoms with Crippen LogP contribution in [0.15, 0.2) is 29.2 Å². The van der Waals surface area contributed by atoms with Crippen LogP contribution in [0.3, 0.4) is 0 Å². The Kier molecular flexibility index (Phi) is 6.72. The number of alkyl carbamates (subject to hydrolysis) is 1. The van der Waals surface area contributed by atoms with E-state index < -0.39 is 16.9 Å². The van der Waals surface area contributed by atoms with Gasteiger partial charge in [-0.05, 0) is 51.7 Å². The van der Waals surface area contributed by atoms with Gasteiger partial charge in [-0.2, -0.15) is 0 Å². The second-order valence-corrected chi connectivity index (χ2v) is 9.75. The molecular formula is C21H29N3O4S. The van der Waals surface area contributed by atoms with E-state index in [1.54, 1.807) is 0 Å². The van der Waals surface area contributed by atoms with Crippen LogP contribution in [0.2, 0.25) is 0 Å². The number of carbonyl (C=O) groups excluding carboxylic acids is 3. The van der Waals surface area contributed by atoms with Gasteiger partial charge in [0.15, 0.2) is 0 Å².